The first-order valence-electron chi connectivity index (χ1n) is 7.00. The lowest BCUT2D eigenvalue weighted by atomic mass is 9.82. The van der Waals surface area contributed by atoms with E-state index in [1.165, 1.54) is 55.2 Å². The van der Waals surface area contributed by atoms with Crippen LogP contribution in [0.5, 0.6) is 0 Å². The van der Waals surface area contributed by atoms with Gasteiger partial charge in [-0.05, 0) is 42.9 Å². The molecule has 94 valence electrons. The molecule has 1 heteroatoms. The van der Waals surface area contributed by atoms with Gasteiger partial charge in [-0.15, -0.1) is 0 Å². The van der Waals surface area contributed by atoms with Crippen molar-refractivity contribution in [2.75, 3.05) is 0 Å². The molecule has 17 heavy (non-hydrogen) atoms. The SMILES string of the molecule is Cc1cccc(C)c1C(N)CC1CCCCC1. The summed E-state index contributed by atoms with van der Waals surface area (Å²) in [5.41, 5.74) is 10.5. The average molecular weight is 231 g/mol. The van der Waals surface area contributed by atoms with E-state index in [4.69, 9.17) is 5.73 Å². The fourth-order valence-corrected chi connectivity index (χ4v) is 3.31. The molecule has 2 N–H and O–H groups in total. The summed E-state index contributed by atoms with van der Waals surface area (Å²) in [6, 6.07) is 6.73. The lowest BCUT2D eigenvalue weighted by Crippen LogP contribution is -2.19. The third kappa shape index (κ3) is 3.10. The highest BCUT2D eigenvalue weighted by Gasteiger charge is 2.19. The molecule has 0 aliphatic heterocycles. The smallest absolute Gasteiger partial charge is 0.0302 e. The van der Waals surface area contributed by atoms with Crippen molar-refractivity contribution >= 4 is 0 Å². The normalized spacial score (nSPS) is 19.2. The molecule has 1 unspecified atom stereocenters. The Kier molecular flexibility index (Phi) is 4.22. The molecule has 0 bridgehead atoms. The van der Waals surface area contributed by atoms with Crippen molar-refractivity contribution < 1.29 is 0 Å². The maximum absolute atomic E-state index is 6.43. The Balaban J connectivity index is 2.05. The molecule has 0 spiro atoms. The van der Waals surface area contributed by atoms with Crippen LogP contribution in [-0.4, -0.2) is 0 Å². The van der Waals surface area contributed by atoms with E-state index in [-0.39, 0.29) is 6.04 Å². The summed E-state index contributed by atoms with van der Waals surface area (Å²) >= 11 is 0. The Bertz CT molecular complexity index is 344. The molecule has 0 heterocycles. The van der Waals surface area contributed by atoms with Crippen molar-refractivity contribution in [2.24, 2.45) is 11.7 Å². The molecule has 1 nitrogen and oxygen atoms in total. The van der Waals surface area contributed by atoms with Gasteiger partial charge in [0.05, 0.1) is 0 Å². The van der Waals surface area contributed by atoms with Crippen LogP contribution in [0.25, 0.3) is 0 Å². The maximum atomic E-state index is 6.43. The monoisotopic (exact) mass is 231 g/mol. The van der Waals surface area contributed by atoms with E-state index in [1.807, 2.05) is 0 Å². The molecule has 1 aliphatic carbocycles. The summed E-state index contributed by atoms with van der Waals surface area (Å²) in [5, 5.41) is 0. The van der Waals surface area contributed by atoms with Crippen LogP contribution in [0.2, 0.25) is 0 Å². The molecular formula is C16H25N. The Morgan fingerprint density at radius 3 is 2.29 bits per heavy atom. The Hall–Kier alpha value is -0.820. The molecule has 0 saturated heterocycles. The fourth-order valence-electron chi connectivity index (χ4n) is 3.31. The first kappa shape index (κ1) is 12.6. The van der Waals surface area contributed by atoms with E-state index in [2.05, 4.69) is 32.0 Å². The minimum absolute atomic E-state index is 0.235. The second-order valence-corrected chi connectivity index (χ2v) is 5.65. The fraction of sp³-hybridized carbons (Fsp3) is 0.625. The predicted octanol–water partition coefficient (Wildman–Crippen LogP) is 4.27. The zero-order valence-electron chi connectivity index (χ0n) is 11.2. The number of benzene rings is 1. The first-order chi connectivity index (χ1) is 8.18. The molecule has 1 aromatic carbocycles. The third-order valence-corrected chi connectivity index (χ3v) is 4.22. The van der Waals surface area contributed by atoms with Crippen molar-refractivity contribution in [1.82, 2.24) is 0 Å². The summed E-state index contributed by atoms with van der Waals surface area (Å²) in [7, 11) is 0. The van der Waals surface area contributed by atoms with Gasteiger partial charge in [-0.1, -0.05) is 50.3 Å². The van der Waals surface area contributed by atoms with Gasteiger partial charge in [0.25, 0.3) is 0 Å². The van der Waals surface area contributed by atoms with Gasteiger partial charge in [-0.25, -0.2) is 0 Å². The van der Waals surface area contributed by atoms with Gasteiger partial charge in [0.2, 0.25) is 0 Å². The van der Waals surface area contributed by atoms with E-state index in [0.717, 1.165) is 5.92 Å². The highest BCUT2D eigenvalue weighted by Crippen LogP contribution is 2.32. The van der Waals surface area contributed by atoms with Crippen LogP contribution in [0.15, 0.2) is 18.2 Å². The van der Waals surface area contributed by atoms with Crippen molar-refractivity contribution in [3.05, 3.63) is 34.9 Å². The molecule has 1 saturated carbocycles. The summed E-state index contributed by atoms with van der Waals surface area (Å²) in [4.78, 5) is 0. The van der Waals surface area contributed by atoms with Gasteiger partial charge in [-0.2, -0.15) is 0 Å². The minimum Gasteiger partial charge on any atom is -0.324 e. The second-order valence-electron chi connectivity index (χ2n) is 5.65. The van der Waals surface area contributed by atoms with E-state index in [9.17, 15) is 0 Å². The number of hydrogen-bond donors (Lipinski definition) is 1. The number of rotatable bonds is 3. The summed E-state index contributed by atoms with van der Waals surface area (Å²) in [6.07, 6.45) is 8.19. The summed E-state index contributed by atoms with van der Waals surface area (Å²) in [6.45, 7) is 4.37. The quantitative estimate of drug-likeness (QED) is 0.826. The van der Waals surface area contributed by atoms with Gasteiger partial charge in [-0.3, -0.25) is 0 Å². The summed E-state index contributed by atoms with van der Waals surface area (Å²) < 4.78 is 0. The molecular weight excluding hydrogens is 206 g/mol. The molecule has 1 fully saturated rings. The van der Waals surface area contributed by atoms with E-state index in [0.29, 0.717) is 0 Å². The van der Waals surface area contributed by atoms with Crippen LogP contribution in [0.4, 0.5) is 0 Å². The zero-order valence-corrected chi connectivity index (χ0v) is 11.2. The van der Waals surface area contributed by atoms with Gasteiger partial charge >= 0.3 is 0 Å². The number of nitrogens with two attached hydrogens (primary N) is 1. The Labute approximate surface area is 105 Å². The minimum atomic E-state index is 0.235. The van der Waals surface area contributed by atoms with E-state index in [1.54, 1.807) is 0 Å². The van der Waals surface area contributed by atoms with Crippen molar-refractivity contribution in [3.8, 4) is 0 Å². The van der Waals surface area contributed by atoms with Crippen LogP contribution >= 0.6 is 0 Å². The molecule has 2 rings (SSSR count). The zero-order chi connectivity index (χ0) is 12.3. The highest BCUT2D eigenvalue weighted by atomic mass is 14.6. The van der Waals surface area contributed by atoms with Crippen LogP contribution in [-0.2, 0) is 0 Å². The molecule has 0 radical (unpaired) electrons. The second kappa shape index (κ2) is 5.68. The first-order valence-corrected chi connectivity index (χ1v) is 7.00. The molecule has 1 aromatic rings. The molecule has 1 aliphatic rings. The lowest BCUT2D eigenvalue weighted by molar-refractivity contribution is 0.318. The number of hydrogen-bond acceptors (Lipinski definition) is 1. The maximum Gasteiger partial charge on any atom is 0.0302 e. The Morgan fingerprint density at radius 1 is 1.12 bits per heavy atom. The highest BCUT2D eigenvalue weighted by molar-refractivity contribution is 5.35. The van der Waals surface area contributed by atoms with Gasteiger partial charge < -0.3 is 5.73 Å². The average Bonchev–Trinajstić information content (AvgIpc) is 2.30. The Morgan fingerprint density at radius 2 is 1.71 bits per heavy atom. The van der Waals surface area contributed by atoms with Gasteiger partial charge in [0.1, 0.15) is 0 Å². The largest absolute Gasteiger partial charge is 0.324 e. The van der Waals surface area contributed by atoms with Crippen LogP contribution < -0.4 is 5.73 Å². The number of aryl methyl sites for hydroxylation is 2. The van der Waals surface area contributed by atoms with Crippen LogP contribution in [0.3, 0.4) is 0 Å². The van der Waals surface area contributed by atoms with Crippen LogP contribution in [0, 0.1) is 19.8 Å². The van der Waals surface area contributed by atoms with Crippen LogP contribution in [0.1, 0.15) is 61.3 Å². The van der Waals surface area contributed by atoms with E-state index < -0.39 is 0 Å². The van der Waals surface area contributed by atoms with Crippen molar-refractivity contribution in [3.63, 3.8) is 0 Å². The predicted molar refractivity (Wildman–Crippen MR) is 74.0 cm³/mol. The summed E-state index contributed by atoms with van der Waals surface area (Å²) in [5.74, 6) is 0.859. The van der Waals surface area contributed by atoms with Crippen molar-refractivity contribution in [2.45, 2.75) is 58.4 Å². The molecule has 0 aromatic heterocycles. The molecule has 0 amide bonds. The molecule has 1 atom stereocenters. The van der Waals surface area contributed by atoms with Crippen molar-refractivity contribution in [1.29, 1.82) is 0 Å². The lowest BCUT2D eigenvalue weighted by Gasteiger charge is -2.26. The van der Waals surface area contributed by atoms with Gasteiger partial charge in [0, 0.05) is 6.04 Å². The topological polar surface area (TPSA) is 26.0 Å². The standard InChI is InChI=1S/C16H25N/c1-12-7-6-8-13(2)16(12)15(17)11-14-9-4-3-5-10-14/h6-8,14-15H,3-5,9-11,17H2,1-2H3. The third-order valence-electron chi connectivity index (χ3n) is 4.22. The van der Waals surface area contributed by atoms with Gasteiger partial charge in [0.15, 0.2) is 0 Å². The van der Waals surface area contributed by atoms with E-state index >= 15 is 0 Å².